The zero-order valence-electron chi connectivity index (χ0n) is 13.4. The highest BCUT2D eigenvalue weighted by Gasteiger charge is 2.39. The smallest absolute Gasteiger partial charge is 0.388 e. The molecule has 2 N–H and O–H groups in total. The Hall–Kier alpha value is -1.94. The number of likely N-dealkylation sites (tertiary alicyclic amines) is 1. The van der Waals surface area contributed by atoms with Gasteiger partial charge in [-0.3, -0.25) is 4.79 Å². The molecule has 0 spiro atoms. The third-order valence-electron chi connectivity index (χ3n) is 4.66. The molecule has 2 fully saturated rings. The van der Waals surface area contributed by atoms with Crippen molar-refractivity contribution >= 4 is 11.7 Å². The van der Waals surface area contributed by atoms with Crippen molar-refractivity contribution in [1.82, 2.24) is 14.9 Å². The number of carbonyl (C=O) groups excluding carboxylic acids is 1. The van der Waals surface area contributed by atoms with Crippen LogP contribution < -0.4 is 4.90 Å². The lowest BCUT2D eigenvalue weighted by Crippen LogP contribution is -2.43. The molecule has 3 rings (SSSR count). The van der Waals surface area contributed by atoms with E-state index in [1.165, 1.54) is 11.0 Å². The SMILES string of the molecule is O=C1CC(O)C(O)N1CC1CCN(c2ccnc(C(F)(F)F)n2)CC1. The number of hydrogen-bond donors (Lipinski definition) is 2. The zero-order valence-corrected chi connectivity index (χ0v) is 13.4. The first-order valence-electron chi connectivity index (χ1n) is 8.06. The van der Waals surface area contributed by atoms with Gasteiger partial charge in [0.1, 0.15) is 11.9 Å². The van der Waals surface area contributed by atoms with Crippen LogP contribution in [0.5, 0.6) is 0 Å². The van der Waals surface area contributed by atoms with E-state index < -0.39 is 24.3 Å². The molecule has 0 bridgehead atoms. The number of aliphatic hydroxyl groups excluding tert-OH is 2. The van der Waals surface area contributed by atoms with Gasteiger partial charge in [0.15, 0.2) is 6.23 Å². The number of piperidine rings is 1. The van der Waals surface area contributed by atoms with Gasteiger partial charge in [0.25, 0.3) is 0 Å². The Labute approximate surface area is 142 Å². The summed E-state index contributed by atoms with van der Waals surface area (Å²) in [6.45, 7) is 1.34. The Balaban J connectivity index is 1.58. The number of nitrogens with zero attached hydrogens (tertiary/aromatic N) is 4. The summed E-state index contributed by atoms with van der Waals surface area (Å²) in [5.41, 5.74) is 0. The summed E-state index contributed by atoms with van der Waals surface area (Å²) in [5.74, 6) is -1.10. The lowest BCUT2D eigenvalue weighted by Gasteiger charge is -2.35. The molecule has 1 aromatic rings. The third kappa shape index (κ3) is 3.84. The molecular weight excluding hydrogens is 341 g/mol. The molecule has 2 saturated heterocycles. The minimum Gasteiger partial charge on any atom is -0.388 e. The van der Waals surface area contributed by atoms with Gasteiger partial charge in [-0.05, 0) is 24.8 Å². The van der Waals surface area contributed by atoms with Crippen molar-refractivity contribution < 1.29 is 28.2 Å². The summed E-state index contributed by atoms with van der Waals surface area (Å²) in [7, 11) is 0. The topological polar surface area (TPSA) is 89.8 Å². The molecule has 25 heavy (non-hydrogen) atoms. The molecule has 138 valence electrons. The fraction of sp³-hybridized carbons (Fsp3) is 0.667. The van der Waals surface area contributed by atoms with Crippen molar-refractivity contribution in [2.75, 3.05) is 24.5 Å². The van der Waals surface area contributed by atoms with Crippen molar-refractivity contribution in [2.45, 2.75) is 37.8 Å². The Morgan fingerprint density at radius 2 is 1.92 bits per heavy atom. The van der Waals surface area contributed by atoms with Gasteiger partial charge in [0.2, 0.25) is 11.7 Å². The van der Waals surface area contributed by atoms with E-state index in [0.717, 1.165) is 6.20 Å². The van der Waals surface area contributed by atoms with Gasteiger partial charge < -0.3 is 20.0 Å². The second-order valence-electron chi connectivity index (χ2n) is 6.40. The average molecular weight is 360 g/mol. The van der Waals surface area contributed by atoms with E-state index in [-0.39, 0.29) is 24.1 Å². The summed E-state index contributed by atoms with van der Waals surface area (Å²) >= 11 is 0. The molecule has 2 aliphatic heterocycles. The minimum atomic E-state index is -4.58. The molecule has 2 aliphatic rings. The molecule has 2 unspecified atom stereocenters. The van der Waals surface area contributed by atoms with Crippen molar-refractivity contribution in [2.24, 2.45) is 5.92 Å². The van der Waals surface area contributed by atoms with E-state index in [2.05, 4.69) is 9.97 Å². The number of alkyl halides is 3. The monoisotopic (exact) mass is 360 g/mol. The maximum Gasteiger partial charge on any atom is 0.451 e. The number of halogens is 3. The van der Waals surface area contributed by atoms with Crippen LogP contribution in [0, 0.1) is 5.92 Å². The number of hydrogen-bond acceptors (Lipinski definition) is 6. The molecule has 3 heterocycles. The summed E-state index contributed by atoms with van der Waals surface area (Å²) in [6.07, 6.45) is -4.51. The van der Waals surface area contributed by atoms with Crippen LogP contribution in [0.15, 0.2) is 12.3 Å². The maximum atomic E-state index is 12.7. The van der Waals surface area contributed by atoms with E-state index >= 15 is 0 Å². The molecular formula is C15H19F3N4O3. The molecule has 0 aliphatic carbocycles. The normalized spacial score (nSPS) is 25.7. The summed E-state index contributed by atoms with van der Waals surface area (Å²) in [5, 5.41) is 19.3. The largest absolute Gasteiger partial charge is 0.451 e. The number of rotatable bonds is 3. The minimum absolute atomic E-state index is 0.0822. The fourth-order valence-electron chi connectivity index (χ4n) is 3.25. The average Bonchev–Trinajstić information content (AvgIpc) is 2.81. The Morgan fingerprint density at radius 1 is 1.24 bits per heavy atom. The summed E-state index contributed by atoms with van der Waals surface area (Å²) in [6, 6.07) is 1.44. The van der Waals surface area contributed by atoms with Crippen LogP contribution in [-0.2, 0) is 11.0 Å². The van der Waals surface area contributed by atoms with Crippen molar-refractivity contribution in [3.8, 4) is 0 Å². The summed E-state index contributed by atoms with van der Waals surface area (Å²) in [4.78, 5) is 21.6. The van der Waals surface area contributed by atoms with Crippen LogP contribution in [0.3, 0.4) is 0 Å². The second-order valence-corrected chi connectivity index (χ2v) is 6.40. The van der Waals surface area contributed by atoms with E-state index in [9.17, 15) is 28.2 Å². The lowest BCUT2D eigenvalue weighted by atomic mass is 9.96. The van der Waals surface area contributed by atoms with Crippen molar-refractivity contribution in [3.05, 3.63) is 18.1 Å². The van der Waals surface area contributed by atoms with Gasteiger partial charge in [-0.2, -0.15) is 13.2 Å². The number of aromatic nitrogens is 2. The molecule has 0 radical (unpaired) electrons. The molecule has 1 aromatic heterocycles. The van der Waals surface area contributed by atoms with Crippen LogP contribution >= 0.6 is 0 Å². The Kier molecular flexibility index (Phi) is 4.83. The van der Waals surface area contributed by atoms with Crippen LogP contribution in [-0.4, -0.2) is 63.0 Å². The molecule has 10 heteroatoms. The number of anilines is 1. The van der Waals surface area contributed by atoms with Crippen LogP contribution in [0.1, 0.15) is 25.1 Å². The Bertz CT molecular complexity index is 635. The molecule has 7 nitrogen and oxygen atoms in total. The predicted molar refractivity (Wildman–Crippen MR) is 80.3 cm³/mol. The molecule has 0 saturated carbocycles. The predicted octanol–water partition coefficient (Wildman–Crippen LogP) is 0.623. The second kappa shape index (κ2) is 6.75. The quantitative estimate of drug-likeness (QED) is 0.822. The lowest BCUT2D eigenvalue weighted by molar-refractivity contribution is -0.144. The first-order chi connectivity index (χ1) is 11.8. The van der Waals surface area contributed by atoms with E-state index in [4.69, 9.17) is 0 Å². The van der Waals surface area contributed by atoms with E-state index in [1.54, 1.807) is 4.90 Å². The number of aliphatic hydroxyl groups is 2. The first kappa shape index (κ1) is 17.9. The standard InChI is InChI=1S/C15H19F3N4O3/c16-15(17,18)14-19-4-1-11(20-14)21-5-2-9(3-6-21)8-22-12(24)7-10(23)13(22)25/h1,4,9-10,13,23,25H,2-3,5-8H2. The highest BCUT2D eigenvalue weighted by Crippen LogP contribution is 2.29. The highest BCUT2D eigenvalue weighted by atomic mass is 19.4. The molecule has 1 amide bonds. The molecule has 2 atom stereocenters. The van der Waals surface area contributed by atoms with Crippen LogP contribution in [0.2, 0.25) is 0 Å². The van der Waals surface area contributed by atoms with Crippen molar-refractivity contribution in [1.29, 1.82) is 0 Å². The van der Waals surface area contributed by atoms with Crippen LogP contribution in [0.4, 0.5) is 19.0 Å². The Morgan fingerprint density at radius 3 is 2.48 bits per heavy atom. The summed E-state index contributed by atoms with van der Waals surface area (Å²) < 4.78 is 38.1. The maximum absolute atomic E-state index is 12.7. The third-order valence-corrected chi connectivity index (χ3v) is 4.66. The van der Waals surface area contributed by atoms with Gasteiger partial charge in [-0.25, -0.2) is 9.97 Å². The zero-order chi connectivity index (χ0) is 18.2. The number of carbonyl (C=O) groups is 1. The van der Waals surface area contributed by atoms with Crippen LogP contribution in [0.25, 0.3) is 0 Å². The molecule has 0 aromatic carbocycles. The van der Waals surface area contributed by atoms with Gasteiger partial charge >= 0.3 is 6.18 Å². The van der Waals surface area contributed by atoms with E-state index in [1.807, 2.05) is 0 Å². The van der Waals surface area contributed by atoms with Gasteiger partial charge in [0.05, 0.1) is 6.42 Å². The van der Waals surface area contributed by atoms with E-state index in [0.29, 0.717) is 32.5 Å². The van der Waals surface area contributed by atoms with Gasteiger partial charge in [0, 0.05) is 25.8 Å². The van der Waals surface area contributed by atoms with Gasteiger partial charge in [-0.15, -0.1) is 0 Å². The first-order valence-corrected chi connectivity index (χ1v) is 8.06. The number of amides is 1. The van der Waals surface area contributed by atoms with Gasteiger partial charge in [-0.1, -0.05) is 0 Å². The fourth-order valence-corrected chi connectivity index (χ4v) is 3.25. The van der Waals surface area contributed by atoms with Crippen molar-refractivity contribution in [3.63, 3.8) is 0 Å². The highest BCUT2D eigenvalue weighted by molar-refractivity contribution is 5.79.